The number of hydrogen-bond acceptors (Lipinski definition) is 1. The summed E-state index contributed by atoms with van der Waals surface area (Å²) in [6.07, 6.45) is 5.18. The number of unbranched alkanes of at least 4 members (excludes halogenated alkanes) is 3. The van der Waals surface area contributed by atoms with Crippen molar-refractivity contribution >= 4 is 17.4 Å². The number of ketones is 1. The molecule has 1 rings (SSSR count). The van der Waals surface area contributed by atoms with Gasteiger partial charge in [0.15, 0.2) is 5.78 Å². The second-order valence-corrected chi connectivity index (χ2v) is 4.18. The lowest BCUT2D eigenvalue weighted by molar-refractivity contribution is 0.0979. The standard InChI is InChI=1S/C13H17ClO/c1-2-3-4-5-9-13(15)11-7-6-8-12(14)10-11/h6-8,10H,2-5,9H2,1H3. The molecule has 15 heavy (non-hydrogen) atoms. The summed E-state index contributed by atoms with van der Waals surface area (Å²) in [5.74, 6) is 0.202. The second kappa shape index (κ2) is 6.62. The summed E-state index contributed by atoms with van der Waals surface area (Å²) in [6.45, 7) is 2.17. The topological polar surface area (TPSA) is 17.1 Å². The molecular formula is C13H17ClO. The van der Waals surface area contributed by atoms with E-state index in [9.17, 15) is 4.79 Å². The van der Waals surface area contributed by atoms with Gasteiger partial charge >= 0.3 is 0 Å². The lowest BCUT2D eigenvalue weighted by Crippen LogP contribution is -1.98. The quantitative estimate of drug-likeness (QED) is 0.514. The van der Waals surface area contributed by atoms with E-state index in [0.717, 1.165) is 18.4 Å². The summed E-state index contributed by atoms with van der Waals surface area (Å²) in [5.41, 5.74) is 0.735. The van der Waals surface area contributed by atoms with Gasteiger partial charge in [0.25, 0.3) is 0 Å². The molecule has 82 valence electrons. The van der Waals surface area contributed by atoms with Crippen molar-refractivity contribution in [3.05, 3.63) is 34.9 Å². The molecule has 0 amide bonds. The number of rotatable bonds is 6. The van der Waals surface area contributed by atoms with Gasteiger partial charge in [-0.3, -0.25) is 4.79 Å². The number of benzene rings is 1. The summed E-state index contributed by atoms with van der Waals surface area (Å²) in [4.78, 5) is 11.7. The summed E-state index contributed by atoms with van der Waals surface area (Å²) < 4.78 is 0. The van der Waals surface area contributed by atoms with Crippen LogP contribution in [0.4, 0.5) is 0 Å². The molecule has 0 radical (unpaired) electrons. The molecule has 0 saturated carbocycles. The predicted octanol–water partition coefficient (Wildman–Crippen LogP) is 4.49. The van der Waals surface area contributed by atoms with E-state index in [4.69, 9.17) is 11.6 Å². The number of Topliss-reactive ketones (excluding diaryl/α,β-unsaturated/α-hetero) is 1. The molecule has 0 aliphatic heterocycles. The minimum atomic E-state index is 0.202. The first-order valence-electron chi connectivity index (χ1n) is 5.53. The Morgan fingerprint density at radius 1 is 1.27 bits per heavy atom. The maximum Gasteiger partial charge on any atom is 0.162 e. The van der Waals surface area contributed by atoms with E-state index in [-0.39, 0.29) is 5.78 Å². The van der Waals surface area contributed by atoms with E-state index in [1.165, 1.54) is 12.8 Å². The van der Waals surface area contributed by atoms with Crippen molar-refractivity contribution in [2.24, 2.45) is 0 Å². The second-order valence-electron chi connectivity index (χ2n) is 3.74. The minimum absolute atomic E-state index is 0.202. The van der Waals surface area contributed by atoms with Gasteiger partial charge in [0.1, 0.15) is 0 Å². The van der Waals surface area contributed by atoms with Crippen LogP contribution < -0.4 is 0 Å². The highest BCUT2D eigenvalue weighted by Crippen LogP contribution is 2.14. The molecule has 0 saturated heterocycles. The molecular weight excluding hydrogens is 208 g/mol. The van der Waals surface area contributed by atoms with Crippen LogP contribution in [0.3, 0.4) is 0 Å². The van der Waals surface area contributed by atoms with E-state index in [2.05, 4.69) is 6.92 Å². The van der Waals surface area contributed by atoms with Crippen molar-refractivity contribution in [2.75, 3.05) is 0 Å². The largest absolute Gasteiger partial charge is 0.294 e. The van der Waals surface area contributed by atoms with Crippen LogP contribution in [-0.2, 0) is 0 Å². The molecule has 1 aromatic rings. The molecule has 0 unspecified atom stereocenters. The molecule has 2 heteroatoms. The van der Waals surface area contributed by atoms with Crippen LogP contribution in [-0.4, -0.2) is 5.78 Å². The van der Waals surface area contributed by atoms with Crippen molar-refractivity contribution in [3.63, 3.8) is 0 Å². The third kappa shape index (κ3) is 4.48. The minimum Gasteiger partial charge on any atom is -0.294 e. The maximum absolute atomic E-state index is 11.7. The SMILES string of the molecule is CCCCCCC(=O)c1cccc(Cl)c1. The first-order valence-corrected chi connectivity index (χ1v) is 5.90. The third-order valence-electron chi connectivity index (χ3n) is 2.40. The van der Waals surface area contributed by atoms with E-state index in [0.29, 0.717) is 11.4 Å². The molecule has 0 bridgehead atoms. The zero-order valence-corrected chi connectivity index (χ0v) is 9.89. The Morgan fingerprint density at radius 2 is 2.07 bits per heavy atom. The van der Waals surface area contributed by atoms with Crippen LogP contribution in [0.2, 0.25) is 5.02 Å². The first kappa shape index (κ1) is 12.3. The number of hydrogen-bond donors (Lipinski definition) is 0. The van der Waals surface area contributed by atoms with Gasteiger partial charge in [0, 0.05) is 17.0 Å². The highest BCUT2D eigenvalue weighted by atomic mass is 35.5. The summed E-state index contributed by atoms with van der Waals surface area (Å²) in [7, 11) is 0. The van der Waals surface area contributed by atoms with Gasteiger partial charge in [-0.15, -0.1) is 0 Å². The number of halogens is 1. The van der Waals surface area contributed by atoms with Crippen molar-refractivity contribution in [1.29, 1.82) is 0 Å². The molecule has 0 aliphatic rings. The Kier molecular flexibility index (Phi) is 5.41. The fraction of sp³-hybridized carbons (Fsp3) is 0.462. The van der Waals surface area contributed by atoms with Crippen LogP contribution in [0, 0.1) is 0 Å². The van der Waals surface area contributed by atoms with Gasteiger partial charge < -0.3 is 0 Å². The fourth-order valence-electron chi connectivity index (χ4n) is 1.52. The number of carbonyl (C=O) groups is 1. The van der Waals surface area contributed by atoms with Gasteiger partial charge in [-0.05, 0) is 18.6 Å². The van der Waals surface area contributed by atoms with Crippen LogP contribution >= 0.6 is 11.6 Å². The monoisotopic (exact) mass is 224 g/mol. The smallest absolute Gasteiger partial charge is 0.162 e. The Bertz CT molecular complexity index is 320. The Labute approximate surface area is 96.5 Å². The maximum atomic E-state index is 11.7. The van der Waals surface area contributed by atoms with E-state index < -0.39 is 0 Å². The summed E-state index contributed by atoms with van der Waals surface area (Å²) in [6, 6.07) is 7.18. The van der Waals surface area contributed by atoms with Crippen LogP contribution in [0.5, 0.6) is 0 Å². The van der Waals surface area contributed by atoms with Crippen molar-refractivity contribution in [2.45, 2.75) is 39.0 Å². The molecule has 0 N–H and O–H groups in total. The molecule has 1 aromatic carbocycles. The van der Waals surface area contributed by atoms with E-state index in [1.54, 1.807) is 12.1 Å². The van der Waals surface area contributed by atoms with Crippen molar-refractivity contribution < 1.29 is 4.79 Å². The van der Waals surface area contributed by atoms with E-state index >= 15 is 0 Å². The van der Waals surface area contributed by atoms with Crippen molar-refractivity contribution in [3.8, 4) is 0 Å². The van der Waals surface area contributed by atoms with Crippen LogP contribution in [0.25, 0.3) is 0 Å². The first-order chi connectivity index (χ1) is 7.24. The average molecular weight is 225 g/mol. The summed E-state index contributed by atoms with van der Waals surface area (Å²) >= 11 is 5.82. The fourth-order valence-corrected chi connectivity index (χ4v) is 1.71. The Morgan fingerprint density at radius 3 is 2.73 bits per heavy atom. The predicted molar refractivity (Wildman–Crippen MR) is 64.5 cm³/mol. The summed E-state index contributed by atoms with van der Waals surface area (Å²) in [5, 5.41) is 0.634. The van der Waals surface area contributed by atoms with Gasteiger partial charge in [0.2, 0.25) is 0 Å². The zero-order valence-electron chi connectivity index (χ0n) is 9.13. The molecule has 0 spiro atoms. The van der Waals surface area contributed by atoms with Gasteiger partial charge in [-0.1, -0.05) is 49.9 Å². The molecule has 0 aliphatic carbocycles. The average Bonchev–Trinajstić information content (AvgIpc) is 2.24. The van der Waals surface area contributed by atoms with Crippen LogP contribution in [0.15, 0.2) is 24.3 Å². The zero-order chi connectivity index (χ0) is 11.1. The van der Waals surface area contributed by atoms with Crippen LogP contribution in [0.1, 0.15) is 49.4 Å². The van der Waals surface area contributed by atoms with Gasteiger partial charge in [-0.2, -0.15) is 0 Å². The van der Waals surface area contributed by atoms with E-state index in [1.807, 2.05) is 12.1 Å². The Hall–Kier alpha value is -0.820. The van der Waals surface area contributed by atoms with Gasteiger partial charge in [0.05, 0.1) is 0 Å². The van der Waals surface area contributed by atoms with Gasteiger partial charge in [-0.25, -0.2) is 0 Å². The molecule has 0 heterocycles. The molecule has 0 atom stereocenters. The highest BCUT2D eigenvalue weighted by molar-refractivity contribution is 6.31. The molecule has 0 aromatic heterocycles. The lowest BCUT2D eigenvalue weighted by atomic mass is 10.0. The third-order valence-corrected chi connectivity index (χ3v) is 2.64. The molecule has 1 nitrogen and oxygen atoms in total. The highest BCUT2D eigenvalue weighted by Gasteiger charge is 2.05. The molecule has 0 fully saturated rings. The normalized spacial score (nSPS) is 10.3. The van der Waals surface area contributed by atoms with Crippen molar-refractivity contribution in [1.82, 2.24) is 0 Å². The Balaban J connectivity index is 2.40. The lowest BCUT2D eigenvalue weighted by Gasteiger charge is -2.01. The number of carbonyl (C=O) groups excluding carboxylic acids is 1.